The van der Waals surface area contributed by atoms with Crippen molar-refractivity contribution in [2.24, 2.45) is 0 Å². The van der Waals surface area contributed by atoms with Crippen LogP contribution in [0.15, 0.2) is 18.2 Å². The summed E-state index contributed by atoms with van der Waals surface area (Å²) in [6.45, 7) is 4.67. The lowest BCUT2D eigenvalue weighted by molar-refractivity contribution is -0.140. The van der Waals surface area contributed by atoms with Gasteiger partial charge in [0.05, 0.1) is 13.7 Å². The number of carbonyl (C=O) groups is 1. The Hall–Kier alpha value is -1.55. The van der Waals surface area contributed by atoms with Crippen LogP contribution >= 0.6 is 0 Å². The third-order valence-corrected chi connectivity index (χ3v) is 3.14. The van der Waals surface area contributed by atoms with Gasteiger partial charge in [0.25, 0.3) is 0 Å². The highest BCUT2D eigenvalue weighted by atomic mass is 16.5. The van der Waals surface area contributed by atoms with Gasteiger partial charge >= 0.3 is 5.97 Å². The second kappa shape index (κ2) is 7.79. The van der Waals surface area contributed by atoms with Crippen molar-refractivity contribution in [3.8, 4) is 5.75 Å². The van der Waals surface area contributed by atoms with Gasteiger partial charge in [-0.3, -0.25) is 4.79 Å². The Labute approximate surface area is 115 Å². The number of rotatable bonds is 7. The van der Waals surface area contributed by atoms with Crippen molar-refractivity contribution in [3.63, 3.8) is 0 Å². The molecule has 106 valence electrons. The Morgan fingerprint density at radius 1 is 1.42 bits per heavy atom. The summed E-state index contributed by atoms with van der Waals surface area (Å²) in [5, 5.41) is 3.21. The molecule has 0 spiro atoms. The topological polar surface area (TPSA) is 47.6 Å². The molecule has 0 aliphatic heterocycles. The Kier molecular flexibility index (Phi) is 6.36. The van der Waals surface area contributed by atoms with Crippen molar-refractivity contribution in [3.05, 3.63) is 29.3 Å². The monoisotopic (exact) mass is 265 g/mol. The molecule has 0 saturated carbocycles. The smallest absolute Gasteiger partial charge is 0.305 e. The first-order valence-corrected chi connectivity index (χ1v) is 6.56. The van der Waals surface area contributed by atoms with Crippen LogP contribution in [0.25, 0.3) is 0 Å². The number of methoxy groups -OCH3 is 1. The van der Waals surface area contributed by atoms with Gasteiger partial charge in [-0.25, -0.2) is 0 Å². The standard InChI is InChI=1S/C15H23NO3/c1-11-10-13(12(2)16-3)7-8-14(11)19-9-5-6-15(17)18-4/h7-8,10,12,16H,5-6,9H2,1-4H3. The fraction of sp³-hybridized carbons (Fsp3) is 0.533. The molecule has 4 nitrogen and oxygen atoms in total. The van der Waals surface area contributed by atoms with Gasteiger partial charge in [0.1, 0.15) is 5.75 Å². The number of hydrogen-bond donors (Lipinski definition) is 1. The third-order valence-electron chi connectivity index (χ3n) is 3.14. The molecule has 0 amide bonds. The molecule has 4 heteroatoms. The van der Waals surface area contributed by atoms with Crippen molar-refractivity contribution >= 4 is 5.97 Å². The molecule has 19 heavy (non-hydrogen) atoms. The van der Waals surface area contributed by atoms with Crippen LogP contribution in [0.1, 0.15) is 36.9 Å². The number of nitrogens with one attached hydrogen (secondary N) is 1. The first-order valence-electron chi connectivity index (χ1n) is 6.56. The zero-order valence-electron chi connectivity index (χ0n) is 12.2. The summed E-state index contributed by atoms with van der Waals surface area (Å²) in [5.74, 6) is 0.676. The molecular formula is C15H23NO3. The van der Waals surface area contributed by atoms with Crippen LogP contribution in [-0.2, 0) is 9.53 Å². The van der Waals surface area contributed by atoms with Crippen LogP contribution in [0.5, 0.6) is 5.75 Å². The fourth-order valence-corrected chi connectivity index (χ4v) is 1.77. The maximum atomic E-state index is 11.0. The second-order valence-corrected chi connectivity index (χ2v) is 4.56. The van der Waals surface area contributed by atoms with Crippen LogP contribution in [0.3, 0.4) is 0 Å². The summed E-state index contributed by atoms with van der Waals surface area (Å²) in [7, 11) is 3.34. The molecule has 0 radical (unpaired) electrons. The number of benzene rings is 1. The zero-order valence-corrected chi connectivity index (χ0v) is 12.2. The molecule has 1 rings (SSSR count). The SMILES string of the molecule is CNC(C)c1ccc(OCCCC(=O)OC)c(C)c1. The molecule has 0 saturated heterocycles. The molecule has 1 N–H and O–H groups in total. The molecular weight excluding hydrogens is 242 g/mol. The van der Waals surface area contributed by atoms with E-state index >= 15 is 0 Å². The molecule has 0 bridgehead atoms. The Morgan fingerprint density at radius 2 is 2.16 bits per heavy atom. The average Bonchev–Trinajstić information content (AvgIpc) is 2.43. The van der Waals surface area contributed by atoms with Gasteiger partial charge in [-0.05, 0) is 44.5 Å². The molecule has 0 fully saturated rings. The van der Waals surface area contributed by atoms with Crippen molar-refractivity contribution in [1.29, 1.82) is 0 Å². The number of carbonyl (C=O) groups excluding carboxylic acids is 1. The van der Waals surface area contributed by atoms with Crippen molar-refractivity contribution in [1.82, 2.24) is 5.32 Å². The lowest BCUT2D eigenvalue weighted by Crippen LogP contribution is -2.12. The summed E-state index contributed by atoms with van der Waals surface area (Å²) >= 11 is 0. The minimum atomic E-state index is -0.196. The number of esters is 1. The van der Waals surface area contributed by atoms with E-state index in [0.29, 0.717) is 25.5 Å². The summed E-state index contributed by atoms with van der Waals surface area (Å²) in [4.78, 5) is 11.0. The molecule has 1 aromatic rings. The lowest BCUT2D eigenvalue weighted by Gasteiger charge is -2.14. The predicted octanol–water partition coefficient (Wildman–Crippen LogP) is 2.61. The second-order valence-electron chi connectivity index (χ2n) is 4.56. The van der Waals surface area contributed by atoms with Crippen LogP contribution < -0.4 is 10.1 Å². The highest BCUT2D eigenvalue weighted by Gasteiger charge is 2.06. The van der Waals surface area contributed by atoms with Crippen LogP contribution in [-0.4, -0.2) is 26.7 Å². The lowest BCUT2D eigenvalue weighted by atomic mass is 10.1. The van der Waals surface area contributed by atoms with Gasteiger partial charge in [0, 0.05) is 12.5 Å². The number of aryl methyl sites for hydroxylation is 1. The van der Waals surface area contributed by atoms with Gasteiger partial charge in [-0.2, -0.15) is 0 Å². The molecule has 0 aromatic heterocycles. The van der Waals surface area contributed by atoms with E-state index in [4.69, 9.17) is 4.74 Å². The maximum absolute atomic E-state index is 11.0. The van der Waals surface area contributed by atoms with E-state index in [1.165, 1.54) is 12.7 Å². The fourth-order valence-electron chi connectivity index (χ4n) is 1.77. The number of hydrogen-bond acceptors (Lipinski definition) is 4. The van der Waals surface area contributed by atoms with Crippen LogP contribution in [0.4, 0.5) is 0 Å². The summed E-state index contributed by atoms with van der Waals surface area (Å²) < 4.78 is 10.3. The van der Waals surface area contributed by atoms with Gasteiger partial charge in [-0.1, -0.05) is 12.1 Å². The Balaban J connectivity index is 2.49. The highest BCUT2D eigenvalue weighted by Crippen LogP contribution is 2.22. The van der Waals surface area contributed by atoms with Gasteiger partial charge in [0.15, 0.2) is 0 Å². The van der Waals surface area contributed by atoms with E-state index in [1.807, 2.05) is 20.0 Å². The largest absolute Gasteiger partial charge is 0.493 e. The van der Waals surface area contributed by atoms with Crippen LogP contribution in [0, 0.1) is 6.92 Å². The Bertz CT molecular complexity index is 418. The number of ether oxygens (including phenoxy) is 2. The maximum Gasteiger partial charge on any atom is 0.305 e. The molecule has 1 unspecified atom stereocenters. The average molecular weight is 265 g/mol. The quantitative estimate of drug-likeness (QED) is 0.608. The predicted molar refractivity (Wildman–Crippen MR) is 75.4 cm³/mol. The minimum absolute atomic E-state index is 0.196. The molecule has 0 heterocycles. The minimum Gasteiger partial charge on any atom is -0.493 e. The van der Waals surface area contributed by atoms with E-state index < -0.39 is 0 Å². The highest BCUT2D eigenvalue weighted by molar-refractivity contribution is 5.69. The Morgan fingerprint density at radius 3 is 2.74 bits per heavy atom. The first kappa shape index (κ1) is 15.5. The third kappa shape index (κ3) is 4.91. The summed E-state index contributed by atoms with van der Waals surface area (Å²) in [5.41, 5.74) is 2.35. The van der Waals surface area contributed by atoms with E-state index in [1.54, 1.807) is 0 Å². The normalized spacial score (nSPS) is 12.0. The van der Waals surface area contributed by atoms with E-state index in [-0.39, 0.29) is 5.97 Å². The summed E-state index contributed by atoms with van der Waals surface area (Å²) in [6.07, 6.45) is 1.06. The van der Waals surface area contributed by atoms with Gasteiger partial charge in [0.2, 0.25) is 0 Å². The molecule has 1 atom stereocenters. The van der Waals surface area contributed by atoms with E-state index in [0.717, 1.165) is 11.3 Å². The summed E-state index contributed by atoms with van der Waals surface area (Å²) in [6, 6.07) is 6.49. The zero-order chi connectivity index (χ0) is 14.3. The van der Waals surface area contributed by atoms with Crippen molar-refractivity contribution in [2.45, 2.75) is 32.7 Å². The molecule has 0 aliphatic rings. The molecule has 0 aliphatic carbocycles. The van der Waals surface area contributed by atoms with Gasteiger partial charge in [-0.15, -0.1) is 0 Å². The van der Waals surface area contributed by atoms with E-state index in [2.05, 4.69) is 29.1 Å². The van der Waals surface area contributed by atoms with Gasteiger partial charge < -0.3 is 14.8 Å². The first-order chi connectivity index (χ1) is 9.08. The molecule has 1 aromatic carbocycles. The van der Waals surface area contributed by atoms with E-state index in [9.17, 15) is 4.79 Å². The van der Waals surface area contributed by atoms with Crippen molar-refractivity contribution in [2.75, 3.05) is 20.8 Å². The van der Waals surface area contributed by atoms with Crippen molar-refractivity contribution < 1.29 is 14.3 Å². The van der Waals surface area contributed by atoms with Crippen LogP contribution in [0.2, 0.25) is 0 Å².